The van der Waals surface area contributed by atoms with Gasteiger partial charge in [-0.2, -0.15) is 0 Å². The first-order valence-electron chi connectivity index (χ1n) is 4.95. The minimum Gasteiger partial charge on any atom is -0.391 e. The minimum atomic E-state index is -0.498. The van der Waals surface area contributed by atoms with Gasteiger partial charge in [-0.25, -0.2) is 0 Å². The highest BCUT2D eigenvalue weighted by Crippen LogP contribution is 2.11. The van der Waals surface area contributed by atoms with Gasteiger partial charge in [-0.3, -0.25) is 0 Å². The van der Waals surface area contributed by atoms with Crippen molar-refractivity contribution in [2.75, 3.05) is 13.2 Å². The van der Waals surface area contributed by atoms with Gasteiger partial charge in [-0.05, 0) is 19.8 Å². The third-order valence-corrected chi connectivity index (χ3v) is 1.94. The van der Waals surface area contributed by atoms with Crippen molar-refractivity contribution >= 4 is 6.29 Å². The number of aliphatic hydroxyl groups excluding tert-OH is 1. The van der Waals surface area contributed by atoms with Gasteiger partial charge in [-0.1, -0.05) is 13.3 Å². The van der Waals surface area contributed by atoms with Crippen LogP contribution >= 0.6 is 0 Å². The lowest BCUT2D eigenvalue weighted by Crippen LogP contribution is -2.20. The second kappa shape index (κ2) is 8.20. The molecule has 0 aromatic rings. The molecule has 0 amide bonds. The number of hydrogen-bond acceptors (Lipinski definition) is 3. The van der Waals surface area contributed by atoms with Crippen molar-refractivity contribution in [2.24, 2.45) is 5.92 Å². The lowest BCUT2D eigenvalue weighted by molar-refractivity contribution is -0.112. The first-order valence-corrected chi connectivity index (χ1v) is 4.95. The third-order valence-electron chi connectivity index (χ3n) is 1.94. The fourth-order valence-electron chi connectivity index (χ4n) is 1.28. The molecule has 0 saturated heterocycles. The molecule has 0 rings (SSSR count). The quantitative estimate of drug-likeness (QED) is 0.585. The van der Waals surface area contributed by atoms with Crippen LogP contribution in [0.1, 0.15) is 33.1 Å². The SMILES string of the molecule is CCCC(C=O)CC(O)COCC. The predicted molar refractivity (Wildman–Crippen MR) is 51.6 cm³/mol. The number of aliphatic hydroxyl groups is 1. The summed E-state index contributed by atoms with van der Waals surface area (Å²) in [5.74, 6) is -0.0135. The smallest absolute Gasteiger partial charge is 0.123 e. The Balaban J connectivity index is 3.59. The highest BCUT2D eigenvalue weighted by atomic mass is 16.5. The Hall–Kier alpha value is -0.410. The van der Waals surface area contributed by atoms with Gasteiger partial charge in [-0.15, -0.1) is 0 Å². The van der Waals surface area contributed by atoms with Crippen LogP contribution in [0.15, 0.2) is 0 Å². The highest BCUT2D eigenvalue weighted by molar-refractivity contribution is 5.53. The monoisotopic (exact) mass is 188 g/mol. The van der Waals surface area contributed by atoms with E-state index in [-0.39, 0.29) is 5.92 Å². The van der Waals surface area contributed by atoms with Crippen molar-refractivity contribution in [3.63, 3.8) is 0 Å². The van der Waals surface area contributed by atoms with Crippen LogP contribution in [-0.2, 0) is 9.53 Å². The summed E-state index contributed by atoms with van der Waals surface area (Å²) < 4.78 is 5.05. The fraction of sp³-hybridized carbons (Fsp3) is 0.900. The second-order valence-electron chi connectivity index (χ2n) is 3.23. The molecule has 78 valence electrons. The van der Waals surface area contributed by atoms with Crippen LogP contribution in [0.3, 0.4) is 0 Å². The maximum absolute atomic E-state index is 10.6. The van der Waals surface area contributed by atoms with Gasteiger partial charge in [0.25, 0.3) is 0 Å². The molecule has 0 saturated carbocycles. The van der Waals surface area contributed by atoms with E-state index in [2.05, 4.69) is 0 Å². The molecule has 0 fully saturated rings. The molecule has 1 N–H and O–H groups in total. The Morgan fingerprint density at radius 2 is 2.15 bits per heavy atom. The summed E-state index contributed by atoms with van der Waals surface area (Å²) >= 11 is 0. The summed E-state index contributed by atoms with van der Waals surface area (Å²) in [5.41, 5.74) is 0. The molecule has 0 spiro atoms. The van der Waals surface area contributed by atoms with Crippen LogP contribution in [0.2, 0.25) is 0 Å². The number of hydrogen-bond donors (Lipinski definition) is 1. The molecule has 13 heavy (non-hydrogen) atoms. The molecule has 2 atom stereocenters. The van der Waals surface area contributed by atoms with Gasteiger partial charge < -0.3 is 14.6 Å². The standard InChI is InChI=1S/C10H20O3/c1-3-5-9(7-11)6-10(12)8-13-4-2/h7,9-10,12H,3-6,8H2,1-2H3. The van der Waals surface area contributed by atoms with Crippen LogP contribution in [-0.4, -0.2) is 30.7 Å². The number of ether oxygens (including phenoxy) is 1. The zero-order chi connectivity index (χ0) is 10.1. The van der Waals surface area contributed by atoms with E-state index in [1.165, 1.54) is 0 Å². The molecular weight excluding hydrogens is 168 g/mol. The lowest BCUT2D eigenvalue weighted by Gasteiger charge is -2.14. The van der Waals surface area contributed by atoms with Gasteiger partial charge in [0.15, 0.2) is 0 Å². The zero-order valence-corrected chi connectivity index (χ0v) is 8.53. The molecule has 0 aliphatic rings. The van der Waals surface area contributed by atoms with Crippen LogP contribution < -0.4 is 0 Å². The Bertz CT molecular complexity index is 125. The number of rotatable bonds is 8. The molecule has 0 aliphatic heterocycles. The van der Waals surface area contributed by atoms with E-state index in [4.69, 9.17) is 4.74 Å². The lowest BCUT2D eigenvalue weighted by atomic mass is 9.98. The van der Waals surface area contributed by atoms with Crippen molar-refractivity contribution in [1.82, 2.24) is 0 Å². The van der Waals surface area contributed by atoms with Crippen LogP contribution in [0.4, 0.5) is 0 Å². The van der Waals surface area contributed by atoms with Crippen LogP contribution in [0, 0.1) is 5.92 Å². The Morgan fingerprint density at radius 1 is 1.46 bits per heavy atom. The van der Waals surface area contributed by atoms with Crippen molar-refractivity contribution < 1.29 is 14.6 Å². The minimum absolute atomic E-state index is 0.0135. The van der Waals surface area contributed by atoms with Gasteiger partial charge in [0.1, 0.15) is 6.29 Å². The average molecular weight is 188 g/mol. The third kappa shape index (κ3) is 6.72. The van der Waals surface area contributed by atoms with Crippen LogP contribution in [0.25, 0.3) is 0 Å². The summed E-state index contributed by atoms with van der Waals surface area (Å²) in [5, 5.41) is 9.42. The molecular formula is C10H20O3. The summed E-state index contributed by atoms with van der Waals surface area (Å²) in [6.45, 7) is 4.86. The zero-order valence-electron chi connectivity index (χ0n) is 8.53. The van der Waals surface area contributed by atoms with E-state index in [0.29, 0.717) is 19.6 Å². The van der Waals surface area contributed by atoms with Gasteiger partial charge in [0.2, 0.25) is 0 Å². The molecule has 3 nitrogen and oxygen atoms in total. The number of aldehydes is 1. The van der Waals surface area contributed by atoms with Crippen molar-refractivity contribution in [3.05, 3.63) is 0 Å². The first-order chi connectivity index (χ1) is 6.24. The van der Waals surface area contributed by atoms with Crippen molar-refractivity contribution in [3.8, 4) is 0 Å². The van der Waals surface area contributed by atoms with Crippen molar-refractivity contribution in [1.29, 1.82) is 0 Å². The maximum Gasteiger partial charge on any atom is 0.123 e. The van der Waals surface area contributed by atoms with E-state index in [1.807, 2.05) is 13.8 Å². The normalized spacial score (nSPS) is 15.3. The topological polar surface area (TPSA) is 46.5 Å². The van der Waals surface area contributed by atoms with E-state index >= 15 is 0 Å². The van der Waals surface area contributed by atoms with Crippen LogP contribution in [0.5, 0.6) is 0 Å². The highest BCUT2D eigenvalue weighted by Gasteiger charge is 2.12. The fourth-order valence-corrected chi connectivity index (χ4v) is 1.28. The Morgan fingerprint density at radius 3 is 2.62 bits per heavy atom. The van der Waals surface area contributed by atoms with E-state index in [1.54, 1.807) is 0 Å². The largest absolute Gasteiger partial charge is 0.391 e. The summed E-state index contributed by atoms with van der Waals surface area (Å²) in [6, 6.07) is 0. The predicted octanol–water partition coefficient (Wildman–Crippen LogP) is 1.39. The Labute approximate surface area is 80.1 Å². The summed E-state index contributed by atoms with van der Waals surface area (Å²) in [4.78, 5) is 10.6. The van der Waals surface area contributed by atoms with Crippen molar-refractivity contribution in [2.45, 2.75) is 39.2 Å². The van der Waals surface area contributed by atoms with Gasteiger partial charge in [0.05, 0.1) is 12.7 Å². The molecule has 0 heterocycles. The average Bonchev–Trinajstić information content (AvgIpc) is 2.14. The molecule has 0 aliphatic carbocycles. The molecule has 0 bridgehead atoms. The first kappa shape index (κ1) is 12.6. The summed E-state index contributed by atoms with van der Waals surface area (Å²) in [7, 11) is 0. The summed E-state index contributed by atoms with van der Waals surface area (Å²) in [6.07, 6.45) is 2.79. The van der Waals surface area contributed by atoms with Gasteiger partial charge >= 0.3 is 0 Å². The van der Waals surface area contributed by atoms with E-state index in [9.17, 15) is 9.90 Å². The Kier molecular flexibility index (Phi) is 7.94. The number of carbonyl (C=O) groups is 1. The van der Waals surface area contributed by atoms with E-state index in [0.717, 1.165) is 19.1 Å². The van der Waals surface area contributed by atoms with Gasteiger partial charge in [0, 0.05) is 12.5 Å². The molecule has 0 aromatic carbocycles. The molecule has 2 unspecified atom stereocenters. The van der Waals surface area contributed by atoms with E-state index < -0.39 is 6.10 Å². The maximum atomic E-state index is 10.6. The molecule has 3 heteroatoms. The molecule has 0 aromatic heterocycles. The number of carbonyl (C=O) groups excluding carboxylic acids is 1. The second-order valence-corrected chi connectivity index (χ2v) is 3.23. The molecule has 0 radical (unpaired) electrons.